The maximum absolute atomic E-state index is 12.8. The molecule has 31 heavy (non-hydrogen) atoms. The number of imidazole rings is 1. The van der Waals surface area contributed by atoms with Gasteiger partial charge < -0.3 is 9.88 Å². The van der Waals surface area contributed by atoms with Crippen LogP contribution in [-0.4, -0.2) is 63.5 Å². The first-order chi connectivity index (χ1) is 15.2. The standard InChI is InChI=1S/C25H35N5O/c1-28-14-10-26-24(28)17-27-25(31)21-7-4-11-30(18-21)22-8-12-29(13-9-22)23-15-19-5-2-3-6-20(19)16-23/h2-3,5-6,10,14,21-23H,4,7-9,11-13,15-18H2,1H3,(H,27,31). The van der Waals surface area contributed by atoms with Gasteiger partial charge in [0.1, 0.15) is 5.82 Å². The fourth-order valence-corrected chi connectivity index (χ4v) is 5.84. The number of piperidine rings is 2. The minimum absolute atomic E-state index is 0.108. The molecule has 2 saturated heterocycles. The molecule has 2 aromatic rings. The van der Waals surface area contributed by atoms with Crippen LogP contribution in [0.2, 0.25) is 0 Å². The molecule has 2 fully saturated rings. The maximum Gasteiger partial charge on any atom is 0.224 e. The van der Waals surface area contributed by atoms with E-state index in [0.717, 1.165) is 31.8 Å². The van der Waals surface area contributed by atoms with E-state index in [4.69, 9.17) is 0 Å². The molecule has 0 spiro atoms. The number of amides is 1. The summed E-state index contributed by atoms with van der Waals surface area (Å²) in [4.78, 5) is 22.4. The lowest BCUT2D eigenvalue weighted by Crippen LogP contribution is -2.52. The van der Waals surface area contributed by atoms with Gasteiger partial charge in [0.15, 0.2) is 0 Å². The molecule has 6 heteroatoms. The van der Waals surface area contributed by atoms with E-state index in [1.54, 1.807) is 17.3 Å². The molecule has 166 valence electrons. The van der Waals surface area contributed by atoms with Crippen LogP contribution in [0, 0.1) is 5.92 Å². The Labute approximate surface area is 185 Å². The second kappa shape index (κ2) is 9.13. The predicted molar refractivity (Wildman–Crippen MR) is 122 cm³/mol. The zero-order valence-corrected chi connectivity index (χ0v) is 18.7. The molecule has 1 N–H and O–H groups in total. The molecular formula is C25H35N5O. The van der Waals surface area contributed by atoms with E-state index in [9.17, 15) is 4.79 Å². The summed E-state index contributed by atoms with van der Waals surface area (Å²) in [5, 5.41) is 3.11. The predicted octanol–water partition coefficient (Wildman–Crippen LogP) is 2.38. The van der Waals surface area contributed by atoms with Gasteiger partial charge in [0.05, 0.1) is 12.5 Å². The Bertz CT molecular complexity index is 876. The van der Waals surface area contributed by atoms with Crippen molar-refractivity contribution >= 4 is 5.91 Å². The van der Waals surface area contributed by atoms with Crippen molar-refractivity contribution in [2.75, 3.05) is 26.2 Å². The highest BCUT2D eigenvalue weighted by molar-refractivity contribution is 5.78. The molecule has 1 amide bonds. The van der Waals surface area contributed by atoms with Gasteiger partial charge in [-0.2, -0.15) is 0 Å². The molecule has 5 rings (SSSR count). The zero-order valence-electron chi connectivity index (χ0n) is 18.7. The van der Waals surface area contributed by atoms with Crippen molar-refractivity contribution < 1.29 is 4.79 Å². The second-order valence-electron chi connectivity index (χ2n) is 9.60. The molecule has 1 aromatic heterocycles. The fourth-order valence-electron chi connectivity index (χ4n) is 5.84. The van der Waals surface area contributed by atoms with Gasteiger partial charge >= 0.3 is 0 Å². The summed E-state index contributed by atoms with van der Waals surface area (Å²) in [6.45, 7) is 4.95. The summed E-state index contributed by atoms with van der Waals surface area (Å²) in [6.07, 6.45) is 10.7. The summed E-state index contributed by atoms with van der Waals surface area (Å²) < 4.78 is 1.96. The molecule has 1 unspecified atom stereocenters. The minimum Gasteiger partial charge on any atom is -0.349 e. The van der Waals surface area contributed by atoms with Gasteiger partial charge in [-0.25, -0.2) is 4.98 Å². The number of carbonyl (C=O) groups excluding carboxylic acids is 1. The van der Waals surface area contributed by atoms with Gasteiger partial charge in [0.2, 0.25) is 5.91 Å². The highest BCUT2D eigenvalue weighted by Crippen LogP contribution is 2.29. The van der Waals surface area contributed by atoms with Crippen LogP contribution in [0.25, 0.3) is 0 Å². The van der Waals surface area contributed by atoms with Gasteiger partial charge in [-0.15, -0.1) is 0 Å². The summed E-state index contributed by atoms with van der Waals surface area (Å²) in [6, 6.07) is 10.3. The highest BCUT2D eigenvalue weighted by Gasteiger charge is 2.34. The quantitative estimate of drug-likeness (QED) is 0.806. The van der Waals surface area contributed by atoms with Crippen molar-refractivity contribution in [3.05, 3.63) is 53.6 Å². The normalized spacial score (nSPS) is 23.7. The van der Waals surface area contributed by atoms with Gasteiger partial charge in [-0.3, -0.25) is 14.6 Å². The fraction of sp³-hybridized carbons (Fsp3) is 0.600. The van der Waals surface area contributed by atoms with Crippen molar-refractivity contribution in [3.63, 3.8) is 0 Å². The molecule has 3 aliphatic rings. The summed E-state index contributed by atoms with van der Waals surface area (Å²) in [5.41, 5.74) is 3.09. The molecule has 6 nitrogen and oxygen atoms in total. The largest absolute Gasteiger partial charge is 0.349 e. The third kappa shape index (κ3) is 4.55. The Hall–Kier alpha value is -2.18. The molecule has 1 aromatic carbocycles. The number of aromatic nitrogens is 2. The highest BCUT2D eigenvalue weighted by atomic mass is 16.1. The molecular weight excluding hydrogens is 386 g/mol. The van der Waals surface area contributed by atoms with Gasteiger partial charge in [0.25, 0.3) is 0 Å². The molecule has 0 radical (unpaired) electrons. The van der Waals surface area contributed by atoms with Crippen molar-refractivity contribution in [3.8, 4) is 0 Å². The Kier molecular flexibility index (Phi) is 6.10. The Morgan fingerprint density at radius 1 is 1.03 bits per heavy atom. The summed E-state index contributed by atoms with van der Waals surface area (Å²) >= 11 is 0. The van der Waals surface area contributed by atoms with Crippen LogP contribution in [0.4, 0.5) is 0 Å². The molecule has 1 aliphatic carbocycles. The lowest BCUT2D eigenvalue weighted by Gasteiger charge is -2.43. The number of hydrogen-bond donors (Lipinski definition) is 1. The number of rotatable bonds is 5. The van der Waals surface area contributed by atoms with Crippen LogP contribution >= 0.6 is 0 Å². The lowest BCUT2D eigenvalue weighted by molar-refractivity contribution is -0.127. The first-order valence-corrected chi connectivity index (χ1v) is 12.0. The number of carbonyl (C=O) groups is 1. The van der Waals surface area contributed by atoms with E-state index < -0.39 is 0 Å². The van der Waals surface area contributed by atoms with Gasteiger partial charge in [0, 0.05) is 38.1 Å². The Morgan fingerprint density at radius 2 is 1.77 bits per heavy atom. The molecule has 0 saturated carbocycles. The number of fused-ring (bicyclic) bond motifs is 1. The Morgan fingerprint density at radius 3 is 2.45 bits per heavy atom. The van der Waals surface area contributed by atoms with E-state index in [2.05, 4.69) is 44.4 Å². The van der Waals surface area contributed by atoms with Crippen LogP contribution in [0.1, 0.15) is 42.6 Å². The molecule has 3 heterocycles. The zero-order chi connectivity index (χ0) is 21.2. The summed E-state index contributed by atoms with van der Waals surface area (Å²) in [5.74, 6) is 1.20. The molecule has 1 atom stereocenters. The lowest BCUT2D eigenvalue weighted by atomic mass is 9.92. The average Bonchev–Trinajstić information content (AvgIpc) is 3.43. The van der Waals surface area contributed by atoms with E-state index in [-0.39, 0.29) is 11.8 Å². The number of nitrogens with one attached hydrogen (secondary N) is 1. The second-order valence-corrected chi connectivity index (χ2v) is 9.60. The molecule has 2 aliphatic heterocycles. The minimum atomic E-state index is 0.108. The number of nitrogens with zero attached hydrogens (tertiary/aromatic N) is 4. The number of aryl methyl sites for hydroxylation is 1. The smallest absolute Gasteiger partial charge is 0.224 e. The van der Waals surface area contributed by atoms with Crippen molar-refractivity contribution in [2.45, 2.75) is 57.2 Å². The first kappa shape index (κ1) is 20.7. The topological polar surface area (TPSA) is 53.4 Å². The third-order valence-electron chi connectivity index (χ3n) is 7.73. The Balaban J connectivity index is 1.10. The summed E-state index contributed by atoms with van der Waals surface area (Å²) in [7, 11) is 1.97. The maximum atomic E-state index is 12.8. The van der Waals surface area contributed by atoms with E-state index in [0.29, 0.717) is 18.6 Å². The van der Waals surface area contributed by atoms with Crippen molar-refractivity contribution in [1.82, 2.24) is 24.7 Å². The van der Waals surface area contributed by atoms with E-state index >= 15 is 0 Å². The third-order valence-corrected chi connectivity index (χ3v) is 7.73. The van der Waals surface area contributed by atoms with Crippen molar-refractivity contribution in [2.24, 2.45) is 13.0 Å². The van der Waals surface area contributed by atoms with Crippen molar-refractivity contribution in [1.29, 1.82) is 0 Å². The number of likely N-dealkylation sites (tertiary alicyclic amines) is 2. The van der Waals surface area contributed by atoms with E-state index in [1.807, 2.05) is 17.8 Å². The SMILES string of the molecule is Cn1ccnc1CNC(=O)C1CCCN(C2CCN(C3Cc4ccccc4C3)CC2)C1. The van der Waals surface area contributed by atoms with Crippen LogP contribution in [0.5, 0.6) is 0 Å². The van der Waals surface area contributed by atoms with Gasteiger partial charge in [-0.05, 0) is 69.3 Å². The van der Waals surface area contributed by atoms with Gasteiger partial charge in [-0.1, -0.05) is 24.3 Å². The van der Waals surface area contributed by atoms with Crippen LogP contribution in [0.15, 0.2) is 36.7 Å². The number of benzene rings is 1. The van der Waals surface area contributed by atoms with Crippen LogP contribution in [-0.2, 0) is 31.2 Å². The average molecular weight is 422 g/mol. The monoisotopic (exact) mass is 421 g/mol. The van der Waals surface area contributed by atoms with Crippen LogP contribution < -0.4 is 5.32 Å². The first-order valence-electron chi connectivity index (χ1n) is 12.0. The van der Waals surface area contributed by atoms with E-state index in [1.165, 1.54) is 38.8 Å². The number of hydrogen-bond acceptors (Lipinski definition) is 4. The molecule has 0 bridgehead atoms. The van der Waals surface area contributed by atoms with Crippen LogP contribution in [0.3, 0.4) is 0 Å².